The number of hydrogen-bond acceptors (Lipinski definition) is 5. The number of benzene rings is 2. The summed E-state index contributed by atoms with van der Waals surface area (Å²) < 4.78 is 45.6. The molecular formula is C27H34F3N5O4. The molecule has 0 unspecified atom stereocenters. The molecule has 3 N–H and O–H groups in total. The van der Waals surface area contributed by atoms with Crippen molar-refractivity contribution >= 4 is 23.7 Å². The quantitative estimate of drug-likeness (QED) is 0.439. The molecule has 0 atom stereocenters. The summed E-state index contributed by atoms with van der Waals surface area (Å²) in [6.07, 6.45) is -4.70. The Kier molecular flexibility index (Phi) is 10.0. The van der Waals surface area contributed by atoms with E-state index in [2.05, 4.69) is 16.0 Å². The third-order valence-corrected chi connectivity index (χ3v) is 6.23. The average Bonchev–Trinajstić information content (AvgIpc) is 2.89. The topological polar surface area (TPSA) is 103 Å². The largest absolute Gasteiger partial charge is 0.448 e. The van der Waals surface area contributed by atoms with Crippen molar-refractivity contribution in [2.45, 2.75) is 45.6 Å². The van der Waals surface area contributed by atoms with Crippen LogP contribution in [-0.4, -0.2) is 67.2 Å². The second-order valence-corrected chi connectivity index (χ2v) is 9.43. The molecule has 1 aliphatic heterocycles. The van der Waals surface area contributed by atoms with Crippen LogP contribution in [-0.2, 0) is 35.2 Å². The first kappa shape index (κ1) is 29.6. The molecular weight excluding hydrogens is 515 g/mol. The molecule has 1 aliphatic rings. The Morgan fingerprint density at radius 1 is 1.10 bits per heavy atom. The number of amides is 4. The highest BCUT2D eigenvalue weighted by molar-refractivity contribution is 5.81. The lowest BCUT2D eigenvalue weighted by Crippen LogP contribution is -2.45. The average molecular weight is 550 g/mol. The number of hydrogen-bond donors (Lipinski definition) is 3. The number of ether oxygens (including phenoxy) is 1. The number of nitrogens with one attached hydrogen (secondary N) is 3. The van der Waals surface area contributed by atoms with Crippen LogP contribution in [0, 0.1) is 0 Å². The fourth-order valence-corrected chi connectivity index (χ4v) is 4.32. The van der Waals surface area contributed by atoms with E-state index in [0.29, 0.717) is 19.5 Å². The summed E-state index contributed by atoms with van der Waals surface area (Å²) in [5, 5.41) is 8.29. The SMILES string of the molecule is CNC(=O)OCCN(Cc1ccccc1C(F)(F)F)C(=O)CNc1cccc2c1CCN(C(=O)NC(C)C)C2. The maximum Gasteiger partial charge on any atom is 0.416 e. The second-order valence-electron chi connectivity index (χ2n) is 9.43. The van der Waals surface area contributed by atoms with Gasteiger partial charge in [0.2, 0.25) is 5.91 Å². The Bertz CT molecular complexity index is 1170. The lowest BCUT2D eigenvalue weighted by molar-refractivity contribution is -0.139. The molecule has 0 saturated heterocycles. The number of alkyl carbamates (subject to hydrolysis) is 1. The minimum atomic E-state index is -4.58. The number of halogens is 3. The molecule has 0 bridgehead atoms. The van der Waals surface area contributed by atoms with Gasteiger partial charge in [-0.25, -0.2) is 9.59 Å². The highest BCUT2D eigenvalue weighted by Crippen LogP contribution is 2.32. The van der Waals surface area contributed by atoms with Crippen molar-refractivity contribution < 1.29 is 32.3 Å². The molecule has 3 rings (SSSR count). The van der Waals surface area contributed by atoms with Gasteiger partial charge in [-0.2, -0.15) is 13.2 Å². The molecule has 12 heteroatoms. The third-order valence-electron chi connectivity index (χ3n) is 6.23. The van der Waals surface area contributed by atoms with E-state index < -0.39 is 23.7 Å². The molecule has 0 radical (unpaired) electrons. The summed E-state index contributed by atoms with van der Waals surface area (Å²) in [4.78, 5) is 40.0. The number of fused-ring (bicyclic) bond motifs is 1. The summed E-state index contributed by atoms with van der Waals surface area (Å²) in [5.41, 5.74) is 1.77. The van der Waals surface area contributed by atoms with E-state index in [1.165, 1.54) is 30.1 Å². The molecule has 2 aromatic rings. The van der Waals surface area contributed by atoms with Crippen LogP contribution >= 0.6 is 0 Å². The Morgan fingerprint density at radius 3 is 2.54 bits per heavy atom. The van der Waals surface area contributed by atoms with Crippen LogP contribution < -0.4 is 16.0 Å². The van der Waals surface area contributed by atoms with Crippen molar-refractivity contribution in [3.05, 3.63) is 64.7 Å². The molecule has 1 heterocycles. The van der Waals surface area contributed by atoms with Crippen molar-refractivity contribution in [3.63, 3.8) is 0 Å². The lowest BCUT2D eigenvalue weighted by Gasteiger charge is -2.31. The molecule has 0 fully saturated rings. The standard InChI is InChI=1S/C27H34F3N5O4/c1-18(2)33-25(37)35-12-11-21-19(16-35)8-6-10-23(21)32-15-24(36)34(13-14-39-26(38)31-3)17-20-7-4-5-9-22(20)27(28,29)30/h4-10,18,32H,11-17H2,1-3H3,(H,31,38)(H,33,37). The second kappa shape index (κ2) is 13.2. The van der Waals surface area contributed by atoms with E-state index in [-0.39, 0.29) is 43.9 Å². The van der Waals surface area contributed by atoms with Crippen molar-refractivity contribution in [3.8, 4) is 0 Å². The molecule has 0 aliphatic carbocycles. The summed E-state index contributed by atoms with van der Waals surface area (Å²) in [6, 6.07) is 10.5. The lowest BCUT2D eigenvalue weighted by atomic mass is 9.98. The summed E-state index contributed by atoms with van der Waals surface area (Å²) in [7, 11) is 1.38. The van der Waals surface area contributed by atoms with E-state index in [4.69, 9.17) is 4.74 Å². The number of rotatable bonds is 9. The Hall–Kier alpha value is -3.96. The first-order valence-corrected chi connectivity index (χ1v) is 12.7. The molecule has 2 aromatic carbocycles. The van der Waals surface area contributed by atoms with Gasteiger partial charge in [-0.3, -0.25) is 4.79 Å². The number of nitrogens with zero attached hydrogens (tertiary/aromatic N) is 2. The third kappa shape index (κ3) is 8.26. The van der Waals surface area contributed by atoms with E-state index >= 15 is 0 Å². The van der Waals surface area contributed by atoms with Gasteiger partial charge in [-0.15, -0.1) is 0 Å². The number of carbonyl (C=O) groups is 3. The van der Waals surface area contributed by atoms with Gasteiger partial charge in [0.1, 0.15) is 6.61 Å². The van der Waals surface area contributed by atoms with Crippen LogP contribution in [0.25, 0.3) is 0 Å². The van der Waals surface area contributed by atoms with E-state index in [1.54, 1.807) is 4.90 Å². The number of urea groups is 1. The zero-order chi connectivity index (χ0) is 28.6. The van der Waals surface area contributed by atoms with E-state index in [9.17, 15) is 27.6 Å². The van der Waals surface area contributed by atoms with Crippen LogP contribution in [0.4, 0.5) is 28.4 Å². The summed E-state index contributed by atoms with van der Waals surface area (Å²) >= 11 is 0. The number of anilines is 1. The van der Waals surface area contributed by atoms with Gasteiger partial charge >= 0.3 is 18.3 Å². The highest BCUT2D eigenvalue weighted by atomic mass is 19.4. The fraction of sp³-hybridized carbons (Fsp3) is 0.444. The predicted octanol–water partition coefficient (Wildman–Crippen LogP) is 3.98. The number of carbonyl (C=O) groups excluding carboxylic acids is 3. The van der Waals surface area contributed by atoms with Crippen molar-refractivity contribution in [1.82, 2.24) is 20.4 Å². The maximum absolute atomic E-state index is 13.6. The van der Waals surface area contributed by atoms with Crippen LogP contribution in [0.15, 0.2) is 42.5 Å². The zero-order valence-corrected chi connectivity index (χ0v) is 22.2. The smallest absolute Gasteiger partial charge is 0.416 e. The Labute approximate surface area is 225 Å². The molecule has 0 saturated carbocycles. The first-order valence-electron chi connectivity index (χ1n) is 12.7. The van der Waals surface area contributed by atoms with E-state index in [0.717, 1.165) is 22.9 Å². The van der Waals surface area contributed by atoms with Crippen LogP contribution in [0.1, 0.15) is 36.1 Å². The van der Waals surface area contributed by atoms with Crippen molar-refractivity contribution in [2.24, 2.45) is 0 Å². The minimum Gasteiger partial charge on any atom is -0.448 e. The molecule has 212 valence electrons. The van der Waals surface area contributed by atoms with Gasteiger partial charge in [-0.05, 0) is 49.1 Å². The van der Waals surface area contributed by atoms with Crippen LogP contribution in [0.5, 0.6) is 0 Å². The monoisotopic (exact) mass is 549 g/mol. The fourth-order valence-electron chi connectivity index (χ4n) is 4.32. The predicted molar refractivity (Wildman–Crippen MR) is 140 cm³/mol. The van der Waals surface area contributed by atoms with Crippen LogP contribution in [0.3, 0.4) is 0 Å². The Balaban J connectivity index is 1.72. The molecule has 4 amide bonds. The van der Waals surface area contributed by atoms with Gasteiger partial charge in [0, 0.05) is 38.4 Å². The highest BCUT2D eigenvalue weighted by Gasteiger charge is 2.33. The first-order chi connectivity index (χ1) is 18.5. The molecule has 39 heavy (non-hydrogen) atoms. The van der Waals surface area contributed by atoms with Gasteiger partial charge < -0.3 is 30.5 Å². The molecule has 0 spiro atoms. The zero-order valence-electron chi connectivity index (χ0n) is 22.2. The van der Waals surface area contributed by atoms with Gasteiger partial charge in [0.15, 0.2) is 0 Å². The molecule has 9 nitrogen and oxygen atoms in total. The Morgan fingerprint density at radius 2 is 1.85 bits per heavy atom. The van der Waals surface area contributed by atoms with Crippen molar-refractivity contribution in [2.75, 3.05) is 38.6 Å². The normalized spacial score (nSPS) is 12.9. The van der Waals surface area contributed by atoms with Gasteiger partial charge in [-0.1, -0.05) is 30.3 Å². The molecule has 0 aromatic heterocycles. The number of alkyl halides is 3. The van der Waals surface area contributed by atoms with E-state index in [1.807, 2.05) is 32.0 Å². The van der Waals surface area contributed by atoms with Crippen molar-refractivity contribution in [1.29, 1.82) is 0 Å². The summed E-state index contributed by atoms with van der Waals surface area (Å²) in [6.45, 7) is 3.96. The minimum absolute atomic E-state index is 0.0192. The van der Waals surface area contributed by atoms with Crippen LogP contribution in [0.2, 0.25) is 0 Å². The van der Waals surface area contributed by atoms with Gasteiger partial charge in [0.25, 0.3) is 0 Å². The summed E-state index contributed by atoms with van der Waals surface area (Å²) in [5.74, 6) is -0.459. The van der Waals surface area contributed by atoms with Gasteiger partial charge in [0.05, 0.1) is 18.7 Å². The maximum atomic E-state index is 13.6.